The third-order valence-corrected chi connectivity index (χ3v) is 2.84. The van der Waals surface area contributed by atoms with Gasteiger partial charge in [-0.1, -0.05) is 11.6 Å². The van der Waals surface area contributed by atoms with Crippen molar-refractivity contribution in [3.8, 4) is 0 Å². The van der Waals surface area contributed by atoms with E-state index in [0.29, 0.717) is 12.2 Å². The molecule has 2 aromatic heterocycles. The first-order chi connectivity index (χ1) is 9.06. The summed E-state index contributed by atoms with van der Waals surface area (Å²) in [5.41, 5.74) is -0.156. The van der Waals surface area contributed by atoms with Crippen LogP contribution in [0.5, 0.6) is 0 Å². The number of halogens is 1. The average molecular weight is 281 g/mol. The Hall–Kier alpha value is -2.01. The molecule has 100 valence electrons. The van der Waals surface area contributed by atoms with E-state index in [2.05, 4.69) is 10.3 Å². The largest absolute Gasteiger partial charge is 0.476 e. The van der Waals surface area contributed by atoms with Crippen molar-refractivity contribution in [2.75, 3.05) is 5.32 Å². The first-order valence-electron chi connectivity index (χ1n) is 5.75. The number of nitrogens with one attached hydrogen (secondary N) is 1. The number of hydrogen-bond acceptors (Lipinski definition) is 4. The van der Waals surface area contributed by atoms with Crippen LogP contribution in [0.4, 0.5) is 5.82 Å². The smallest absolute Gasteiger partial charge is 0.356 e. The highest BCUT2D eigenvalue weighted by atomic mass is 35.5. The zero-order valence-electron chi connectivity index (χ0n) is 10.3. The van der Waals surface area contributed by atoms with Gasteiger partial charge in [-0.15, -0.1) is 0 Å². The van der Waals surface area contributed by atoms with Crippen LogP contribution in [0.15, 0.2) is 34.9 Å². The summed E-state index contributed by atoms with van der Waals surface area (Å²) in [6.07, 6.45) is 2.30. The van der Waals surface area contributed by atoms with Crippen molar-refractivity contribution in [2.45, 2.75) is 19.4 Å². The van der Waals surface area contributed by atoms with Crippen LogP contribution in [-0.4, -0.2) is 22.1 Å². The van der Waals surface area contributed by atoms with E-state index in [9.17, 15) is 4.79 Å². The van der Waals surface area contributed by atoms with Gasteiger partial charge in [-0.2, -0.15) is 0 Å². The number of carbonyl (C=O) groups is 1. The zero-order valence-corrected chi connectivity index (χ0v) is 11.0. The number of rotatable bonds is 5. The van der Waals surface area contributed by atoms with Crippen molar-refractivity contribution in [3.05, 3.63) is 47.0 Å². The fourth-order valence-electron chi connectivity index (χ4n) is 1.71. The maximum absolute atomic E-state index is 10.9. The molecule has 0 aliphatic heterocycles. The molecular weight excluding hydrogens is 268 g/mol. The summed E-state index contributed by atoms with van der Waals surface area (Å²) in [6.45, 7) is 1.96. The number of carboxylic acid groups (broad SMARTS) is 1. The monoisotopic (exact) mass is 280 g/mol. The van der Waals surface area contributed by atoms with Crippen LogP contribution in [0.3, 0.4) is 0 Å². The van der Waals surface area contributed by atoms with Crippen LogP contribution in [0.25, 0.3) is 0 Å². The lowest BCUT2D eigenvalue weighted by Crippen LogP contribution is -2.19. The average Bonchev–Trinajstić information content (AvgIpc) is 2.84. The van der Waals surface area contributed by atoms with Crippen molar-refractivity contribution < 1.29 is 14.3 Å². The third-order valence-electron chi connectivity index (χ3n) is 2.53. The van der Waals surface area contributed by atoms with Crippen LogP contribution < -0.4 is 5.32 Å². The predicted molar refractivity (Wildman–Crippen MR) is 71.7 cm³/mol. The molecule has 6 heteroatoms. The zero-order chi connectivity index (χ0) is 13.8. The van der Waals surface area contributed by atoms with Gasteiger partial charge >= 0.3 is 5.97 Å². The summed E-state index contributed by atoms with van der Waals surface area (Å²) in [4.78, 5) is 14.9. The molecule has 0 amide bonds. The Bertz CT molecular complexity index is 569. The lowest BCUT2D eigenvalue weighted by molar-refractivity contribution is 0.0691. The summed E-state index contributed by atoms with van der Waals surface area (Å²) >= 11 is 5.76. The predicted octanol–water partition coefficient (Wildman–Crippen LogP) is 3.07. The molecule has 0 bridgehead atoms. The fraction of sp³-hybridized carbons (Fsp3) is 0.231. The minimum atomic E-state index is -1.15. The van der Waals surface area contributed by atoms with Gasteiger partial charge in [-0.05, 0) is 31.2 Å². The molecule has 1 atom stereocenters. The van der Waals surface area contributed by atoms with E-state index in [1.54, 1.807) is 12.3 Å². The SMILES string of the molecule is CC(Cc1ccco1)Nc1ccc(Cl)c(C(=O)O)n1. The molecule has 19 heavy (non-hydrogen) atoms. The Labute approximate surface area is 115 Å². The van der Waals surface area contributed by atoms with Gasteiger partial charge in [0.15, 0.2) is 5.69 Å². The standard InChI is InChI=1S/C13H13ClN2O3/c1-8(7-9-3-2-6-19-9)15-11-5-4-10(14)12(16-11)13(17)18/h2-6,8H,7H2,1H3,(H,15,16)(H,17,18). The van der Waals surface area contributed by atoms with E-state index in [-0.39, 0.29) is 16.8 Å². The Kier molecular flexibility index (Phi) is 4.06. The van der Waals surface area contributed by atoms with E-state index in [1.807, 2.05) is 19.1 Å². The number of pyridine rings is 1. The quantitative estimate of drug-likeness (QED) is 0.880. The maximum atomic E-state index is 10.9. The second-order valence-electron chi connectivity index (χ2n) is 4.16. The summed E-state index contributed by atoms with van der Waals surface area (Å²) in [5, 5.41) is 12.2. The number of carboxylic acids is 1. The van der Waals surface area contributed by atoms with Crippen molar-refractivity contribution in [3.63, 3.8) is 0 Å². The molecule has 0 fully saturated rings. The van der Waals surface area contributed by atoms with E-state index in [0.717, 1.165) is 5.76 Å². The van der Waals surface area contributed by atoms with Gasteiger partial charge in [0.05, 0.1) is 11.3 Å². The normalized spacial score (nSPS) is 12.1. The summed E-state index contributed by atoms with van der Waals surface area (Å²) in [5.74, 6) is 0.181. The van der Waals surface area contributed by atoms with Gasteiger partial charge in [-0.3, -0.25) is 0 Å². The van der Waals surface area contributed by atoms with Crippen LogP contribution in [0, 0.1) is 0 Å². The number of aromatic carboxylic acids is 1. The summed E-state index contributed by atoms with van der Waals surface area (Å²) in [6, 6.07) is 6.93. The number of nitrogens with zero attached hydrogens (tertiary/aromatic N) is 1. The number of furan rings is 1. The van der Waals surface area contributed by atoms with Gasteiger partial charge in [-0.25, -0.2) is 9.78 Å². The molecule has 0 aromatic carbocycles. The van der Waals surface area contributed by atoms with Crippen LogP contribution in [-0.2, 0) is 6.42 Å². The first-order valence-corrected chi connectivity index (χ1v) is 6.13. The molecule has 2 N–H and O–H groups in total. The summed E-state index contributed by atoms with van der Waals surface area (Å²) in [7, 11) is 0. The van der Waals surface area contributed by atoms with Crippen molar-refractivity contribution in [1.82, 2.24) is 4.98 Å². The minimum Gasteiger partial charge on any atom is -0.476 e. The number of aromatic nitrogens is 1. The van der Waals surface area contributed by atoms with E-state index in [1.165, 1.54) is 6.07 Å². The van der Waals surface area contributed by atoms with Crippen LogP contribution in [0.2, 0.25) is 5.02 Å². The molecule has 0 spiro atoms. The molecule has 5 nitrogen and oxygen atoms in total. The van der Waals surface area contributed by atoms with Gasteiger partial charge in [0.2, 0.25) is 0 Å². The minimum absolute atomic E-state index is 0.0569. The lowest BCUT2D eigenvalue weighted by Gasteiger charge is -2.13. The van der Waals surface area contributed by atoms with Gasteiger partial charge < -0.3 is 14.8 Å². The molecule has 0 radical (unpaired) electrons. The highest BCUT2D eigenvalue weighted by Crippen LogP contribution is 2.17. The molecule has 0 saturated heterocycles. The number of anilines is 1. The molecule has 0 aliphatic carbocycles. The molecule has 0 saturated carbocycles. The van der Waals surface area contributed by atoms with Crippen LogP contribution in [0.1, 0.15) is 23.2 Å². The highest BCUT2D eigenvalue weighted by Gasteiger charge is 2.13. The molecule has 2 rings (SSSR count). The highest BCUT2D eigenvalue weighted by molar-refractivity contribution is 6.33. The second kappa shape index (κ2) is 5.75. The fourth-order valence-corrected chi connectivity index (χ4v) is 1.89. The van der Waals surface area contributed by atoms with E-state index in [4.69, 9.17) is 21.1 Å². The molecule has 0 aliphatic rings. The molecule has 2 aromatic rings. The van der Waals surface area contributed by atoms with E-state index < -0.39 is 5.97 Å². The Morgan fingerprint density at radius 3 is 2.95 bits per heavy atom. The van der Waals surface area contributed by atoms with Crippen molar-refractivity contribution in [1.29, 1.82) is 0 Å². The Balaban J connectivity index is 2.06. The molecule has 1 unspecified atom stereocenters. The second-order valence-corrected chi connectivity index (χ2v) is 4.57. The van der Waals surface area contributed by atoms with Crippen LogP contribution >= 0.6 is 11.6 Å². The van der Waals surface area contributed by atoms with Gasteiger partial charge in [0.25, 0.3) is 0 Å². The van der Waals surface area contributed by atoms with Gasteiger partial charge in [0, 0.05) is 12.5 Å². The lowest BCUT2D eigenvalue weighted by atomic mass is 10.2. The van der Waals surface area contributed by atoms with Crippen molar-refractivity contribution >= 4 is 23.4 Å². The van der Waals surface area contributed by atoms with Gasteiger partial charge in [0.1, 0.15) is 11.6 Å². The van der Waals surface area contributed by atoms with Crippen molar-refractivity contribution in [2.24, 2.45) is 0 Å². The molecular formula is C13H13ClN2O3. The van der Waals surface area contributed by atoms with E-state index >= 15 is 0 Å². The third kappa shape index (κ3) is 3.48. The summed E-state index contributed by atoms with van der Waals surface area (Å²) < 4.78 is 5.25. The maximum Gasteiger partial charge on any atom is 0.356 e. The Morgan fingerprint density at radius 2 is 2.32 bits per heavy atom. The Morgan fingerprint density at radius 1 is 1.53 bits per heavy atom. The number of hydrogen-bond donors (Lipinski definition) is 2. The molecule has 2 heterocycles. The topological polar surface area (TPSA) is 75.4 Å². The first kappa shape index (κ1) is 13.4.